The van der Waals surface area contributed by atoms with E-state index in [2.05, 4.69) is 47.4 Å². The van der Waals surface area contributed by atoms with Gasteiger partial charge >= 0.3 is 0 Å². The minimum Gasteiger partial charge on any atom is -0.248 e. The highest BCUT2D eigenvalue weighted by Gasteiger charge is 2.04. The minimum absolute atomic E-state index is 1.06. The van der Waals surface area contributed by atoms with Gasteiger partial charge in [-0.1, -0.05) is 60.7 Å². The molecule has 0 bridgehead atoms. The van der Waals surface area contributed by atoms with Crippen LogP contribution >= 0.6 is 0 Å². The summed E-state index contributed by atoms with van der Waals surface area (Å²) in [5.41, 5.74) is 4.97. The van der Waals surface area contributed by atoms with Crippen LogP contribution in [0, 0.1) is 0 Å². The number of pyridine rings is 1. The largest absolute Gasteiger partial charge is 0.248 e. The molecule has 1 aromatic heterocycles. The highest BCUT2D eigenvalue weighted by atomic mass is 14.7. The van der Waals surface area contributed by atoms with Crippen LogP contribution in [0.2, 0.25) is 0 Å². The first-order chi connectivity index (χ1) is 9.90. The summed E-state index contributed by atoms with van der Waals surface area (Å²) < 4.78 is 0. The summed E-state index contributed by atoms with van der Waals surface area (Å²) in [7, 11) is 0. The second-order valence-electron chi connectivity index (χ2n) is 4.95. The predicted octanol–water partition coefficient (Wildman–Crippen LogP) is 5.06. The van der Waals surface area contributed by atoms with Crippen LogP contribution in [0.1, 0.15) is 0 Å². The lowest BCUT2D eigenvalue weighted by atomic mass is 9.95. The van der Waals surface area contributed by atoms with Gasteiger partial charge in [0.05, 0.1) is 11.0 Å². The Hall–Kier alpha value is -2.67. The number of fused-ring (bicyclic) bond motifs is 3. The van der Waals surface area contributed by atoms with Crippen molar-refractivity contribution in [2.45, 2.75) is 0 Å². The van der Waals surface area contributed by atoms with Gasteiger partial charge in [0.1, 0.15) is 0 Å². The van der Waals surface area contributed by atoms with Crippen molar-refractivity contribution in [1.29, 1.82) is 0 Å². The summed E-state index contributed by atoms with van der Waals surface area (Å²) in [5, 5.41) is 2.40. The Balaban J connectivity index is 0.000000146. The fraction of sp³-hybridized carbons (Fsp3) is 0. The topological polar surface area (TPSA) is 12.9 Å². The molecule has 0 atom stereocenters. The summed E-state index contributed by atoms with van der Waals surface area (Å²) in [5.74, 6) is 0. The Morgan fingerprint density at radius 2 is 0.950 bits per heavy atom. The SMILES string of the molecule is c1cc2ccc1-2.c1ccc2nc3ccccc3cc2c1. The third-order valence-electron chi connectivity index (χ3n) is 3.64. The second kappa shape index (κ2) is 4.46. The van der Waals surface area contributed by atoms with E-state index in [0.717, 1.165) is 11.0 Å². The van der Waals surface area contributed by atoms with Gasteiger partial charge in [0.25, 0.3) is 0 Å². The molecule has 1 nitrogen and oxygen atoms in total. The lowest BCUT2D eigenvalue weighted by Gasteiger charge is -2.10. The van der Waals surface area contributed by atoms with E-state index in [4.69, 9.17) is 0 Å². The number of benzene rings is 3. The van der Waals surface area contributed by atoms with Crippen LogP contribution < -0.4 is 0 Å². The Morgan fingerprint density at radius 1 is 0.500 bits per heavy atom. The van der Waals surface area contributed by atoms with Crippen LogP contribution in [0.5, 0.6) is 0 Å². The van der Waals surface area contributed by atoms with E-state index >= 15 is 0 Å². The van der Waals surface area contributed by atoms with Gasteiger partial charge in [-0.15, -0.1) is 0 Å². The van der Waals surface area contributed by atoms with Gasteiger partial charge in [0.15, 0.2) is 0 Å². The quantitative estimate of drug-likeness (QED) is 0.353. The molecule has 0 N–H and O–H groups in total. The molecule has 2 aliphatic rings. The van der Waals surface area contributed by atoms with Crippen molar-refractivity contribution in [1.82, 2.24) is 4.98 Å². The molecule has 20 heavy (non-hydrogen) atoms. The Morgan fingerprint density at radius 3 is 1.35 bits per heavy atom. The zero-order valence-electron chi connectivity index (χ0n) is 11.0. The van der Waals surface area contributed by atoms with Gasteiger partial charge in [-0.05, 0) is 29.3 Å². The van der Waals surface area contributed by atoms with Crippen molar-refractivity contribution in [2.24, 2.45) is 0 Å². The lowest BCUT2D eigenvalue weighted by Crippen LogP contribution is -1.85. The monoisotopic (exact) mass is 255 g/mol. The first-order valence-corrected chi connectivity index (χ1v) is 6.75. The molecule has 0 fully saturated rings. The van der Waals surface area contributed by atoms with Crippen LogP contribution in [0.15, 0.2) is 78.9 Å². The Kier molecular flexibility index (Phi) is 2.49. The number of para-hydroxylation sites is 2. The number of hydrogen-bond acceptors (Lipinski definition) is 1. The summed E-state index contributed by atoms with van der Waals surface area (Å²) in [6, 6.07) is 27.0. The molecule has 2 aliphatic carbocycles. The number of nitrogens with zero attached hydrogens (tertiary/aromatic N) is 1. The van der Waals surface area contributed by atoms with E-state index < -0.39 is 0 Å². The first-order valence-electron chi connectivity index (χ1n) is 6.75. The summed E-state index contributed by atoms with van der Waals surface area (Å²) in [4.78, 5) is 4.58. The number of hydrogen-bond donors (Lipinski definition) is 0. The van der Waals surface area contributed by atoms with E-state index in [-0.39, 0.29) is 0 Å². The van der Waals surface area contributed by atoms with Gasteiger partial charge in [-0.3, -0.25) is 0 Å². The predicted molar refractivity (Wildman–Crippen MR) is 84.7 cm³/mol. The fourth-order valence-electron chi connectivity index (χ4n) is 2.38. The molecular formula is C19H13N. The van der Waals surface area contributed by atoms with Gasteiger partial charge in [-0.25, -0.2) is 4.98 Å². The first kappa shape index (κ1) is 11.2. The molecule has 0 saturated carbocycles. The van der Waals surface area contributed by atoms with Crippen molar-refractivity contribution in [3.05, 3.63) is 78.9 Å². The third-order valence-corrected chi connectivity index (χ3v) is 3.64. The van der Waals surface area contributed by atoms with Crippen LogP contribution in [0.3, 0.4) is 0 Å². The fourth-order valence-corrected chi connectivity index (χ4v) is 2.38. The van der Waals surface area contributed by atoms with Crippen LogP contribution in [-0.2, 0) is 0 Å². The smallest absolute Gasteiger partial charge is 0.0709 e. The second-order valence-corrected chi connectivity index (χ2v) is 4.95. The van der Waals surface area contributed by atoms with Gasteiger partial charge < -0.3 is 0 Å². The molecule has 0 spiro atoms. The molecule has 0 amide bonds. The maximum Gasteiger partial charge on any atom is 0.0709 e. The van der Waals surface area contributed by atoms with E-state index in [0.29, 0.717) is 0 Å². The summed E-state index contributed by atoms with van der Waals surface area (Å²) in [6.07, 6.45) is 0. The average molecular weight is 255 g/mol. The molecule has 0 saturated heterocycles. The zero-order chi connectivity index (χ0) is 13.4. The molecule has 1 heterocycles. The van der Waals surface area contributed by atoms with Crippen LogP contribution in [-0.4, -0.2) is 4.98 Å². The normalized spacial score (nSPS) is 11.0. The lowest BCUT2D eigenvalue weighted by molar-refractivity contribution is 1.50. The highest BCUT2D eigenvalue weighted by molar-refractivity contribution is 5.92. The van der Waals surface area contributed by atoms with Gasteiger partial charge in [0.2, 0.25) is 0 Å². The molecule has 1 heteroatoms. The third kappa shape index (κ3) is 1.84. The number of aromatic nitrogens is 1. The molecule has 0 aliphatic heterocycles. The van der Waals surface area contributed by atoms with Crippen molar-refractivity contribution in [3.63, 3.8) is 0 Å². The van der Waals surface area contributed by atoms with Crippen LogP contribution in [0.25, 0.3) is 32.9 Å². The molecule has 94 valence electrons. The molecular weight excluding hydrogens is 242 g/mol. The van der Waals surface area contributed by atoms with Crippen molar-refractivity contribution in [2.75, 3.05) is 0 Å². The Bertz CT molecular complexity index is 766. The van der Waals surface area contributed by atoms with Gasteiger partial charge in [-0.2, -0.15) is 0 Å². The maximum atomic E-state index is 4.58. The highest BCUT2D eigenvalue weighted by Crippen LogP contribution is 2.29. The average Bonchev–Trinajstić information content (AvgIpc) is 2.49. The van der Waals surface area contributed by atoms with E-state index in [1.54, 1.807) is 0 Å². The maximum absolute atomic E-state index is 4.58. The zero-order valence-corrected chi connectivity index (χ0v) is 11.0. The Labute approximate surface area is 117 Å². The van der Waals surface area contributed by atoms with E-state index in [9.17, 15) is 0 Å². The standard InChI is InChI=1S/C13H9N.C6H4/c1-3-7-12-10(5-1)9-11-6-2-4-8-13(11)14-12;1-2-6-4-3-5(1)6/h1-9H;1-4H. The molecule has 2 aromatic carbocycles. The van der Waals surface area contributed by atoms with Crippen molar-refractivity contribution < 1.29 is 0 Å². The molecule has 0 radical (unpaired) electrons. The van der Waals surface area contributed by atoms with Gasteiger partial charge in [0, 0.05) is 10.8 Å². The van der Waals surface area contributed by atoms with E-state index in [1.807, 2.05) is 36.4 Å². The molecule has 5 rings (SSSR count). The number of rotatable bonds is 0. The van der Waals surface area contributed by atoms with E-state index in [1.165, 1.54) is 21.9 Å². The van der Waals surface area contributed by atoms with Crippen LogP contribution in [0.4, 0.5) is 0 Å². The van der Waals surface area contributed by atoms with Crippen molar-refractivity contribution in [3.8, 4) is 11.1 Å². The molecule has 0 unspecified atom stereocenters. The summed E-state index contributed by atoms with van der Waals surface area (Å²) in [6.45, 7) is 0. The summed E-state index contributed by atoms with van der Waals surface area (Å²) >= 11 is 0. The minimum atomic E-state index is 1.06. The van der Waals surface area contributed by atoms with Crippen molar-refractivity contribution >= 4 is 21.8 Å². The molecule has 3 aromatic rings.